The summed E-state index contributed by atoms with van der Waals surface area (Å²) < 4.78 is 5.68. The van der Waals surface area contributed by atoms with Crippen LogP contribution < -0.4 is 5.32 Å². The summed E-state index contributed by atoms with van der Waals surface area (Å²) in [7, 11) is 0. The number of likely N-dealkylation sites (tertiary alicyclic amines) is 1. The van der Waals surface area contributed by atoms with E-state index >= 15 is 0 Å². The van der Waals surface area contributed by atoms with Crippen LogP contribution in [0.15, 0.2) is 40.5 Å². The molecular weight excluding hydrogens is 364 g/mol. The molecule has 27 heavy (non-hydrogen) atoms. The van der Waals surface area contributed by atoms with Crippen molar-refractivity contribution in [2.75, 3.05) is 18.4 Å². The van der Waals surface area contributed by atoms with Crippen molar-refractivity contribution in [2.24, 2.45) is 0 Å². The molecule has 8 heteroatoms. The van der Waals surface area contributed by atoms with E-state index in [1.54, 1.807) is 24.2 Å². The Kier molecular flexibility index (Phi) is 4.07. The van der Waals surface area contributed by atoms with Crippen LogP contribution >= 0.6 is 11.8 Å². The molecule has 0 bridgehead atoms. The van der Waals surface area contributed by atoms with Gasteiger partial charge in [0.2, 0.25) is 0 Å². The van der Waals surface area contributed by atoms with Gasteiger partial charge in [0, 0.05) is 43.3 Å². The van der Waals surface area contributed by atoms with Crippen LogP contribution in [0.5, 0.6) is 0 Å². The fourth-order valence-electron chi connectivity index (χ4n) is 4.05. The van der Waals surface area contributed by atoms with Gasteiger partial charge in [-0.05, 0) is 30.5 Å². The summed E-state index contributed by atoms with van der Waals surface area (Å²) in [5, 5.41) is 13.3. The second-order valence-corrected chi connectivity index (χ2v) is 8.41. The normalized spacial score (nSPS) is 23.0. The predicted octanol–water partition coefficient (Wildman–Crippen LogP) is 2.89. The molecule has 1 spiro atoms. The van der Waals surface area contributed by atoms with Crippen molar-refractivity contribution in [2.45, 2.75) is 47.4 Å². The maximum absolute atomic E-state index is 11.0. The zero-order valence-electron chi connectivity index (χ0n) is 14.7. The Labute approximate surface area is 161 Å². The zero-order chi connectivity index (χ0) is 18.4. The molecule has 7 nitrogen and oxygen atoms in total. The van der Waals surface area contributed by atoms with Gasteiger partial charge in [0.15, 0.2) is 11.9 Å². The maximum Gasteiger partial charge on any atom is 0.332 e. The summed E-state index contributed by atoms with van der Waals surface area (Å²) in [4.78, 5) is 23.2. The van der Waals surface area contributed by atoms with Crippen LogP contribution in [0.1, 0.15) is 24.8 Å². The molecule has 3 aliphatic heterocycles. The van der Waals surface area contributed by atoms with Crippen molar-refractivity contribution in [3.05, 3.63) is 36.2 Å². The molecule has 2 saturated heterocycles. The lowest BCUT2D eigenvalue weighted by Gasteiger charge is -2.50. The number of ether oxygens (including phenoxy) is 1. The Hall–Kier alpha value is -2.16. The van der Waals surface area contributed by atoms with E-state index < -0.39 is 12.1 Å². The molecule has 2 aromatic rings. The fourth-order valence-corrected chi connectivity index (χ4v) is 4.92. The third-order valence-electron chi connectivity index (χ3n) is 5.57. The van der Waals surface area contributed by atoms with Gasteiger partial charge in [0.1, 0.15) is 5.03 Å². The van der Waals surface area contributed by atoms with E-state index in [-0.39, 0.29) is 5.60 Å². The number of aliphatic carboxylic acids is 1. The Balaban J connectivity index is 1.21. The van der Waals surface area contributed by atoms with Crippen LogP contribution in [-0.4, -0.2) is 50.7 Å². The largest absolute Gasteiger partial charge is 0.479 e. The quantitative estimate of drug-likeness (QED) is 0.713. The van der Waals surface area contributed by atoms with Gasteiger partial charge in [-0.1, -0.05) is 17.8 Å². The van der Waals surface area contributed by atoms with E-state index in [0.717, 1.165) is 53.9 Å². The molecule has 5 rings (SSSR count). The smallest absolute Gasteiger partial charge is 0.332 e. The van der Waals surface area contributed by atoms with E-state index in [1.165, 1.54) is 5.56 Å². The summed E-state index contributed by atoms with van der Waals surface area (Å²) in [6.45, 7) is 2.74. The SMILES string of the molecule is O=C(O)C1CC2(CCN(Cc3ccc4c(c3)Nc3nccnc3S4)CC2)O1. The maximum atomic E-state index is 11.0. The Bertz CT molecular complexity index is 890. The number of aromatic nitrogens is 2. The van der Waals surface area contributed by atoms with Gasteiger partial charge in [0.25, 0.3) is 0 Å². The first-order valence-corrected chi connectivity index (χ1v) is 9.94. The minimum Gasteiger partial charge on any atom is -0.479 e. The average molecular weight is 384 g/mol. The number of piperidine rings is 1. The molecule has 2 fully saturated rings. The fraction of sp³-hybridized carbons (Fsp3) is 0.421. The highest BCUT2D eigenvalue weighted by atomic mass is 32.2. The van der Waals surface area contributed by atoms with Crippen LogP contribution in [-0.2, 0) is 16.1 Å². The van der Waals surface area contributed by atoms with Crippen molar-refractivity contribution >= 4 is 29.2 Å². The number of anilines is 2. The van der Waals surface area contributed by atoms with Crippen LogP contribution in [0, 0.1) is 0 Å². The highest BCUT2D eigenvalue weighted by Crippen LogP contribution is 2.43. The molecule has 0 radical (unpaired) electrons. The second-order valence-electron chi connectivity index (χ2n) is 7.38. The van der Waals surface area contributed by atoms with Crippen molar-refractivity contribution in [1.82, 2.24) is 14.9 Å². The van der Waals surface area contributed by atoms with Gasteiger partial charge >= 0.3 is 5.97 Å². The zero-order valence-corrected chi connectivity index (χ0v) is 15.5. The van der Waals surface area contributed by atoms with Gasteiger partial charge < -0.3 is 15.2 Å². The first-order valence-electron chi connectivity index (χ1n) is 9.12. The number of hydrogen-bond donors (Lipinski definition) is 2. The Morgan fingerprint density at radius 2 is 2.11 bits per heavy atom. The lowest BCUT2D eigenvalue weighted by molar-refractivity contribution is -0.232. The van der Waals surface area contributed by atoms with Crippen LogP contribution in [0.25, 0.3) is 0 Å². The number of rotatable bonds is 3. The average Bonchev–Trinajstić information content (AvgIpc) is 2.65. The van der Waals surface area contributed by atoms with Crippen molar-refractivity contribution in [3.63, 3.8) is 0 Å². The third-order valence-corrected chi connectivity index (χ3v) is 6.63. The van der Waals surface area contributed by atoms with Crippen molar-refractivity contribution in [1.29, 1.82) is 0 Å². The topological polar surface area (TPSA) is 87.6 Å². The molecule has 3 aliphatic rings. The molecule has 0 amide bonds. The van der Waals surface area contributed by atoms with Crippen LogP contribution in [0.2, 0.25) is 0 Å². The molecule has 4 heterocycles. The second kappa shape index (κ2) is 6.47. The van der Waals surface area contributed by atoms with E-state index in [1.807, 2.05) is 0 Å². The molecule has 2 N–H and O–H groups in total. The lowest BCUT2D eigenvalue weighted by Crippen LogP contribution is -2.58. The molecule has 0 saturated carbocycles. The van der Waals surface area contributed by atoms with E-state index in [4.69, 9.17) is 9.84 Å². The van der Waals surface area contributed by atoms with Gasteiger partial charge in [-0.25, -0.2) is 14.8 Å². The minimum atomic E-state index is -0.839. The van der Waals surface area contributed by atoms with E-state index in [9.17, 15) is 4.79 Å². The molecule has 1 atom stereocenters. The van der Waals surface area contributed by atoms with Gasteiger partial charge in [-0.3, -0.25) is 4.90 Å². The number of carboxylic acids is 1. The molecule has 0 aliphatic carbocycles. The molecule has 1 aromatic carbocycles. The molecular formula is C19H20N4O3S. The molecule has 1 aromatic heterocycles. The first-order chi connectivity index (χ1) is 13.1. The van der Waals surface area contributed by atoms with Gasteiger partial charge in [0.05, 0.1) is 11.3 Å². The number of carbonyl (C=O) groups is 1. The summed E-state index contributed by atoms with van der Waals surface area (Å²) in [6, 6.07) is 6.49. The first kappa shape index (κ1) is 17.0. The highest BCUT2D eigenvalue weighted by molar-refractivity contribution is 7.99. The summed E-state index contributed by atoms with van der Waals surface area (Å²) in [5.41, 5.74) is 2.13. The number of nitrogens with one attached hydrogen (secondary N) is 1. The predicted molar refractivity (Wildman–Crippen MR) is 100 cm³/mol. The van der Waals surface area contributed by atoms with Crippen molar-refractivity contribution < 1.29 is 14.6 Å². The summed E-state index contributed by atoms with van der Waals surface area (Å²) >= 11 is 1.64. The number of nitrogens with zero attached hydrogens (tertiary/aromatic N) is 3. The highest BCUT2D eigenvalue weighted by Gasteiger charge is 2.50. The van der Waals surface area contributed by atoms with Crippen LogP contribution in [0.4, 0.5) is 11.5 Å². The molecule has 140 valence electrons. The number of fused-ring (bicyclic) bond motifs is 2. The summed E-state index contributed by atoms with van der Waals surface area (Å²) in [6.07, 6.45) is 5.25. The lowest BCUT2D eigenvalue weighted by atomic mass is 9.80. The Morgan fingerprint density at radius 3 is 2.89 bits per heavy atom. The number of benzene rings is 1. The Morgan fingerprint density at radius 1 is 1.33 bits per heavy atom. The van der Waals surface area contributed by atoms with Crippen LogP contribution in [0.3, 0.4) is 0 Å². The van der Waals surface area contributed by atoms with E-state index in [0.29, 0.717) is 6.42 Å². The van der Waals surface area contributed by atoms with Gasteiger partial charge in [-0.15, -0.1) is 0 Å². The minimum absolute atomic E-state index is 0.198. The number of hydrogen-bond acceptors (Lipinski definition) is 7. The van der Waals surface area contributed by atoms with Gasteiger partial charge in [-0.2, -0.15) is 0 Å². The molecule has 1 unspecified atom stereocenters. The monoisotopic (exact) mass is 384 g/mol. The van der Waals surface area contributed by atoms with Crippen molar-refractivity contribution in [3.8, 4) is 0 Å². The standard InChI is InChI=1S/C19H20N4O3S/c24-18(25)14-10-19(26-14)3-7-23(8-4-19)11-12-1-2-15-13(9-12)22-16-17(27-15)21-6-5-20-16/h1-2,5-6,9,14H,3-4,7-8,10-11H2,(H,20,22)(H,24,25). The van der Waals surface area contributed by atoms with E-state index in [2.05, 4.69) is 38.4 Å². The third kappa shape index (κ3) is 3.18. The summed E-state index contributed by atoms with van der Waals surface area (Å²) in [5.74, 6) is -0.0315. The number of carboxylic acid groups (broad SMARTS) is 1.